The van der Waals surface area contributed by atoms with Crippen LogP contribution in [0.4, 0.5) is 17.1 Å². The van der Waals surface area contributed by atoms with E-state index in [1.54, 1.807) is 0 Å². The molecule has 0 aliphatic rings. The molecule has 1 aromatic heterocycles. The quantitative estimate of drug-likeness (QED) is 0.188. The van der Waals surface area contributed by atoms with Gasteiger partial charge in [-0.25, -0.2) is 0 Å². The van der Waals surface area contributed by atoms with Crippen LogP contribution in [-0.4, -0.2) is 0 Å². The van der Waals surface area contributed by atoms with Crippen molar-refractivity contribution >= 4 is 80.9 Å². The fourth-order valence-corrected chi connectivity index (χ4v) is 7.96. The van der Waals surface area contributed by atoms with E-state index in [-0.39, 0.29) is 0 Å². The van der Waals surface area contributed by atoms with E-state index in [1.165, 1.54) is 69.3 Å². The Morgan fingerprint density at radius 3 is 1.57 bits per heavy atom. The Balaban J connectivity index is 1.33. The van der Waals surface area contributed by atoms with Crippen molar-refractivity contribution in [2.45, 2.75) is 0 Å². The van der Waals surface area contributed by atoms with Crippen molar-refractivity contribution < 1.29 is 0 Å². The third kappa shape index (κ3) is 3.92. The van der Waals surface area contributed by atoms with Gasteiger partial charge in [0.05, 0.1) is 5.69 Å². The zero-order valence-corrected chi connectivity index (χ0v) is 24.8. The maximum atomic E-state index is 2.44. The predicted molar refractivity (Wildman–Crippen MR) is 192 cm³/mol. The number of thiophene rings is 1. The second-order valence-electron chi connectivity index (χ2n) is 11.3. The minimum Gasteiger partial charge on any atom is -0.310 e. The highest BCUT2D eigenvalue weighted by molar-refractivity contribution is 7.26. The molecule has 206 valence electrons. The fourth-order valence-electron chi connectivity index (χ4n) is 6.84. The van der Waals surface area contributed by atoms with E-state index in [1.807, 2.05) is 11.3 Å². The van der Waals surface area contributed by atoms with Gasteiger partial charge in [-0.05, 0) is 85.9 Å². The zero-order valence-electron chi connectivity index (χ0n) is 23.9. The Bertz CT molecular complexity index is 2450. The second kappa shape index (κ2) is 10.1. The molecule has 1 heterocycles. The molecular weight excluding hydrogens is 551 g/mol. The molecule has 1 nitrogen and oxygen atoms in total. The van der Waals surface area contributed by atoms with E-state index < -0.39 is 0 Å². The van der Waals surface area contributed by atoms with Crippen LogP contribution in [-0.2, 0) is 0 Å². The molecule has 0 fully saturated rings. The Hall–Kier alpha value is -5.44. The van der Waals surface area contributed by atoms with Gasteiger partial charge in [-0.3, -0.25) is 0 Å². The molecule has 9 rings (SSSR count). The molecule has 44 heavy (non-hydrogen) atoms. The van der Waals surface area contributed by atoms with Crippen LogP contribution in [0, 0.1) is 0 Å². The summed E-state index contributed by atoms with van der Waals surface area (Å²) in [6.45, 7) is 0. The largest absolute Gasteiger partial charge is 0.310 e. The summed E-state index contributed by atoms with van der Waals surface area (Å²) >= 11 is 1.86. The van der Waals surface area contributed by atoms with Crippen molar-refractivity contribution in [3.63, 3.8) is 0 Å². The van der Waals surface area contributed by atoms with E-state index >= 15 is 0 Å². The monoisotopic (exact) mass is 577 g/mol. The number of anilines is 3. The van der Waals surface area contributed by atoms with Gasteiger partial charge in [0.15, 0.2) is 0 Å². The molecule has 0 aliphatic carbocycles. The minimum absolute atomic E-state index is 1.14. The molecule has 0 radical (unpaired) electrons. The average Bonchev–Trinajstić information content (AvgIpc) is 3.49. The summed E-state index contributed by atoms with van der Waals surface area (Å²) in [5.41, 5.74) is 5.91. The van der Waals surface area contributed by atoms with Crippen molar-refractivity contribution in [2.75, 3.05) is 4.90 Å². The summed E-state index contributed by atoms with van der Waals surface area (Å²) in [4.78, 5) is 2.44. The zero-order chi connectivity index (χ0) is 29.0. The molecule has 0 amide bonds. The first-order valence-corrected chi connectivity index (χ1v) is 15.8. The van der Waals surface area contributed by atoms with Crippen molar-refractivity contribution in [1.29, 1.82) is 0 Å². The smallest absolute Gasteiger partial charge is 0.0554 e. The number of benzene rings is 8. The van der Waals surface area contributed by atoms with E-state index in [0.717, 1.165) is 11.4 Å². The molecule has 0 aliphatic heterocycles. The summed E-state index contributed by atoms with van der Waals surface area (Å²) < 4.78 is 2.61. The van der Waals surface area contributed by atoms with Gasteiger partial charge in [-0.15, -0.1) is 11.3 Å². The van der Waals surface area contributed by atoms with Crippen molar-refractivity contribution in [1.82, 2.24) is 0 Å². The highest BCUT2D eigenvalue weighted by atomic mass is 32.1. The highest BCUT2D eigenvalue weighted by Gasteiger charge is 2.20. The van der Waals surface area contributed by atoms with Crippen molar-refractivity contribution in [3.8, 4) is 11.1 Å². The average molecular weight is 578 g/mol. The van der Waals surface area contributed by atoms with Gasteiger partial charge in [0.1, 0.15) is 0 Å². The van der Waals surface area contributed by atoms with Gasteiger partial charge >= 0.3 is 0 Å². The Morgan fingerprint density at radius 2 is 0.864 bits per heavy atom. The lowest BCUT2D eigenvalue weighted by molar-refractivity contribution is 1.31. The van der Waals surface area contributed by atoms with Crippen LogP contribution < -0.4 is 4.90 Å². The van der Waals surface area contributed by atoms with E-state index in [2.05, 4.69) is 169 Å². The van der Waals surface area contributed by atoms with Crippen LogP contribution in [0.2, 0.25) is 0 Å². The third-order valence-corrected chi connectivity index (χ3v) is 9.98. The Morgan fingerprint density at radius 1 is 0.341 bits per heavy atom. The molecule has 2 heteroatoms. The molecule has 0 saturated heterocycles. The first-order chi connectivity index (χ1) is 21.8. The summed E-state index contributed by atoms with van der Waals surface area (Å²) in [6.07, 6.45) is 0. The lowest BCUT2D eigenvalue weighted by Crippen LogP contribution is -2.10. The normalized spacial score (nSPS) is 11.6. The number of hydrogen-bond acceptors (Lipinski definition) is 2. The number of hydrogen-bond donors (Lipinski definition) is 0. The van der Waals surface area contributed by atoms with Gasteiger partial charge < -0.3 is 4.90 Å². The van der Waals surface area contributed by atoms with Crippen LogP contribution in [0.5, 0.6) is 0 Å². The summed E-state index contributed by atoms with van der Waals surface area (Å²) in [7, 11) is 0. The Labute approximate surface area is 259 Å². The maximum absolute atomic E-state index is 2.44. The van der Waals surface area contributed by atoms with E-state index in [4.69, 9.17) is 0 Å². The van der Waals surface area contributed by atoms with Gasteiger partial charge in [0, 0.05) is 31.5 Å². The molecule has 0 N–H and O–H groups in total. The molecule has 0 bridgehead atoms. The topological polar surface area (TPSA) is 3.24 Å². The molecular formula is C42H27NS. The lowest BCUT2D eigenvalue weighted by atomic mass is 9.94. The first kappa shape index (κ1) is 25.1. The van der Waals surface area contributed by atoms with Gasteiger partial charge in [-0.2, -0.15) is 0 Å². The minimum atomic E-state index is 1.14. The van der Waals surface area contributed by atoms with E-state index in [0.29, 0.717) is 0 Å². The molecule has 0 spiro atoms. The lowest BCUT2D eigenvalue weighted by Gasteiger charge is -2.27. The highest BCUT2D eigenvalue weighted by Crippen LogP contribution is 2.46. The van der Waals surface area contributed by atoms with Crippen LogP contribution in [0.25, 0.3) is 63.6 Å². The molecule has 0 unspecified atom stereocenters. The molecule has 0 atom stereocenters. The maximum Gasteiger partial charge on any atom is 0.0554 e. The van der Waals surface area contributed by atoms with Crippen molar-refractivity contribution in [2.24, 2.45) is 0 Å². The fraction of sp³-hybridized carbons (Fsp3) is 0. The van der Waals surface area contributed by atoms with Crippen LogP contribution in [0.3, 0.4) is 0 Å². The first-order valence-electron chi connectivity index (χ1n) is 15.0. The van der Waals surface area contributed by atoms with Gasteiger partial charge in [0.25, 0.3) is 0 Å². The van der Waals surface area contributed by atoms with Crippen LogP contribution in [0.1, 0.15) is 0 Å². The summed E-state index contributed by atoms with van der Waals surface area (Å²) in [5.74, 6) is 0. The third-order valence-electron chi connectivity index (χ3n) is 8.84. The van der Waals surface area contributed by atoms with Crippen molar-refractivity contribution in [3.05, 3.63) is 164 Å². The summed E-state index contributed by atoms with van der Waals surface area (Å²) in [5, 5.41) is 10.3. The number of fused-ring (bicyclic) bond motifs is 9. The number of nitrogens with zero attached hydrogens (tertiary/aromatic N) is 1. The van der Waals surface area contributed by atoms with E-state index in [9.17, 15) is 0 Å². The van der Waals surface area contributed by atoms with Crippen LogP contribution >= 0.6 is 11.3 Å². The van der Waals surface area contributed by atoms with Crippen LogP contribution in [0.15, 0.2) is 164 Å². The SMILES string of the molecule is c1ccc(-c2ccc(N(c3ccc4c5ccccc5c5ccccc5c4c3)c3cccc4sc5ccccc5c34)cc2)cc1. The predicted octanol–water partition coefficient (Wildman–Crippen LogP) is 12.7. The Kier molecular flexibility index (Phi) is 5.75. The second-order valence-corrected chi connectivity index (χ2v) is 12.4. The molecule has 9 aromatic rings. The molecule has 8 aromatic carbocycles. The summed E-state index contributed by atoms with van der Waals surface area (Å²) in [6, 6.07) is 59.7. The standard InChI is InChI=1S/C42H27NS/c1-2-11-28(12-3-1)29-21-23-30(24-22-29)43(39-18-10-20-41-42(39)37-17-8-9-19-40(37)44-41)31-25-26-36-34-15-5-4-13-32(34)33-14-6-7-16-35(33)38(36)27-31/h1-27H. The van der Waals surface area contributed by atoms with Gasteiger partial charge in [0.2, 0.25) is 0 Å². The molecule has 0 saturated carbocycles. The number of rotatable bonds is 4. The van der Waals surface area contributed by atoms with Gasteiger partial charge in [-0.1, -0.05) is 121 Å².